The first-order valence-corrected chi connectivity index (χ1v) is 8.58. The zero-order valence-corrected chi connectivity index (χ0v) is 15.6. The molecule has 3 rings (SSSR count). The molecule has 0 saturated carbocycles. The molecule has 0 radical (unpaired) electrons. The lowest BCUT2D eigenvalue weighted by Gasteiger charge is -2.32. The van der Waals surface area contributed by atoms with Gasteiger partial charge in [-0.05, 0) is 51.5 Å². The summed E-state index contributed by atoms with van der Waals surface area (Å²) >= 11 is 0. The Morgan fingerprint density at radius 2 is 1.56 bits per heavy atom. The molecule has 0 amide bonds. The molecule has 144 valence electrons. The van der Waals surface area contributed by atoms with E-state index < -0.39 is 30.1 Å². The van der Waals surface area contributed by atoms with Crippen LogP contribution in [0.25, 0.3) is 0 Å². The highest BCUT2D eigenvalue weighted by molar-refractivity contribution is 6.62. The number of hydrogen-bond donors (Lipinski definition) is 0. The van der Waals surface area contributed by atoms with Crippen LogP contribution in [0.1, 0.15) is 38.8 Å². The summed E-state index contributed by atoms with van der Waals surface area (Å²) in [5, 5.41) is 0. The predicted octanol–water partition coefficient (Wildman–Crippen LogP) is 3.98. The quantitative estimate of drug-likeness (QED) is 0.754. The molecule has 0 bridgehead atoms. The molecule has 1 fully saturated rings. The van der Waals surface area contributed by atoms with Gasteiger partial charge in [0, 0.05) is 11.7 Å². The lowest BCUT2D eigenvalue weighted by Crippen LogP contribution is -2.41. The molecule has 0 aliphatic carbocycles. The molecule has 2 heterocycles. The fraction of sp³-hybridized carbons (Fsp3) is 0.421. The third-order valence-corrected chi connectivity index (χ3v) is 4.95. The van der Waals surface area contributed by atoms with Crippen LogP contribution in [0.5, 0.6) is 5.88 Å². The third kappa shape index (κ3) is 4.27. The summed E-state index contributed by atoms with van der Waals surface area (Å²) < 4.78 is 55.2. The van der Waals surface area contributed by atoms with E-state index in [4.69, 9.17) is 14.0 Å². The van der Waals surface area contributed by atoms with Gasteiger partial charge in [-0.25, -0.2) is 4.98 Å². The first-order valence-electron chi connectivity index (χ1n) is 8.58. The highest BCUT2D eigenvalue weighted by atomic mass is 19.4. The van der Waals surface area contributed by atoms with E-state index in [0.29, 0.717) is 11.4 Å². The van der Waals surface area contributed by atoms with E-state index in [2.05, 4.69) is 4.98 Å². The standard InChI is InChI=1S/C19H21BF3NO3/c1-17(2)18(3,4)27-20(26-17)15-9-10-16(24-11-15)25-12-13-5-7-14(8-6-13)19(21,22)23/h5-11H,12H2,1-4H3. The maximum atomic E-state index is 12.6. The van der Waals surface area contributed by atoms with Crippen molar-refractivity contribution in [3.63, 3.8) is 0 Å². The van der Waals surface area contributed by atoms with E-state index in [1.807, 2.05) is 27.7 Å². The van der Waals surface area contributed by atoms with Crippen LogP contribution in [0, 0.1) is 0 Å². The molecule has 1 aliphatic rings. The molecule has 1 saturated heterocycles. The van der Waals surface area contributed by atoms with Gasteiger partial charge in [0.1, 0.15) is 6.61 Å². The number of aromatic nitrogens is 1. The van der Waals surface area contributed by atoms with Gasteiger partial charge in [-0.1, -0.05) is 18.2 Å². The van der Waals surface area contributed by atoms with Crippen LogP contribution in [-0.4, -0.2) is 23.3 Å². The SMILES string of the molecule is CC1(C)OB(c2ccc(OCc3ccc(C(F)(F)F)cc3)nc2)OC1(C)C. The second-order valence-electron chi connectivity index (χ2n) is 7.50. The molecule has 0 N–H and O–H groups in total. The smallest absolute Gasteiger partial charge is 0.473 e. The van der Waals surface area contributed by atoms with Gasteiger partial charge >= 0.3 is 13.3 Å². The second-order valence-corrected chi connectivity index (χ2v) is 7.50. The van der Waals surface area contributed by atoms with Gasteiger partial charge in [0.25, 0.3) is 0 Å². The number of alkyl halides is 3. The van der Waals surface area contributed by atoms with Crippen molar-refractivity contribution in [1.29, 1.82) is 0 Å². The van der Waals surface area contributed by atoms with Crippen molar-refractivity contribution in [2.75, 3.05) is 0 Å². The number of pyridine rings is 1. The molecule has 0 atom stereocenters. The summed E-state index contributed by atoms with van der Waals surface area (Å²) in [4.78, 5) is 4.23. The van der Waals surface area contributed by atoms with Gasteiger partial charge in [-0.2, -0.15) is 13.2 Å². The Morgan fingerprint density at radius 1 is 0.963 bits per heavy atom. The van der Waals surface area contributed by atoms with Crippen LogP contribution < -0.4 is 10.2 Å². The lowest BCUT2D eigenvalue weighted by molar-refractivity contribution is -0.137. The number of ether oxygens (including phenoxy) is 1. The largest absolute Gasteiger partial charge is 0.496 e. The number of rotatable bonds is 4. The molecule has 27 heavy (non-hydrogen) atoms. The van der Waals surface area contributed by atoms with Gasteiger partial charge in [0.05, 0.1) is 16.8 Å². The van der Waals surface area contributed by atoms with Crippen LogP contribution >= 0.6 is 0 Å². The Morgan fingerprint density at radius 3 is 2.04 bits per heavy atom. The van der Waals surface area contributed by atoms with Crippen LogP contribution in [0.4, 0.5) is 13.2 Å². The van der Waals surface area contributed by atoms with Crippen molar-refractivity contribution in [3.8, 4) is 5.88 Å². The van der Waals surface area contributed by atoms with E-state index >= 15 is 0 Å². The molecule has 0 unspecified atom stereocenters. The van der Waals surface area contributed by atoms with Crippen molar-refractivity contribution in [2.24, 2.45) is 0 Å². The second kappa shape index (κ2) is 6.84. The molecular formula is C19H21BF3NO3. The fourth-order valence-corrected chi connectivity index (χ4v) is 2.54. The molecule has 1 aromatic carbocycles. The molecule has 8 heteroatoms. The van der Waals surface area contributed by atoms with Crippen molar-refractivity contribution < 1.29 is 27.2 Å². The summed E-state index contributed by atoms with van der Waals surface area (Å²) in [5.74, 6) is 0.371. The molecule has 0 spiro atoms. The molecule has 4 nitrogen and oxygen atoms in total. The summed E-state index contributed by atoms with van der Waals surface area (Å²) in [7, 11) is -0.508. The van der Waals surface area contributed by atoms with Crippen molar-refractivity contribution in [1.82, 2.24) is 4.98 Å². The average Bonchev–Trinajstić information content (AvgIpc) is 2.81. The Kier molecular flexibility index (Phi) is 4.99. The summed E-state index contributed by atoms with van der Waals surface area (Å²) in [5.41, 5.74) is -0.156. The first kappa shape index (κ1) is 19.7. The number of benzene rings is 1. The zero-order chi connectivity index (χ0) is 19.9. The zero-order valence-electron chi connectivity index (χ0n) is 15.6. The topological polar surface area (TPSA) is 40.6 Å². The van der Waals surface area contributed by atoms with Gasteiger partial charge in [0.15, 0.2) is 0 Å². The van der Waals surface area contributed by atoms with Crippen LogP contribution in [0.3, 0.4) is 0 Å². The Hall–Kier alpha value is -2.06. The third-order valence-electron chi connectivity index (χ3n) is 4.95. The minimum atomic E-state index is -4.34. The molecule has 1 aliphatic heterocycles. The van der Waals surface area contributed by atoms with Crippen molar-refractivity contribution in [2.45, 2.75) is 51.7 Å². The Balaban J connectivity index is 1.60. The van der Waals surface area contributed by atoms with E-state index in [1.165, 1.54) is 12.1 Å². The van der Waals surface area contributed by atoms with Gasteiger partial charge < -0.3 is 14.0 Å². The van der Waals surface area contributed by atoms with Gasteiger partial charge in [-0.3, -0.25) is 0 Å². The number of halogens is 3. The van der Waals surface area contributed by atoms with Crippen molar-refractivity contribution >= 4 is 12.6 Å². The molecule has 1 aromatic heterocycles. The Bertz CT molecular complexity index is 773. The summed E-state index contributed by atoms with van der Waals surface area (Å²) in [6, 6.07) is 8.34. The van der Waals surface area contributed by atoms with Crippen LogP contribution in [0.2, 0.25) is 0 Å². The molecule has 2 aromatic rings. The van der Waals surface area contributed by atoms with Crippen molar-refractivity contribution in [3.05, 3.63) is 53.7 Å². The highest BCUT2D eigenvalue weighted by Crippen LogP contribution is 2.36. The maximum Gasteiger partial charge on any atom is 0.496 e. The lowest BCUT2D eigenvalue weighted by atomic mass is 9.80. The first-order chi connectivity index (χ1) is 12.5. The minimum Gasteiger partial charge on any atom is -0.473 e. The van der Waals surface area contributed by atoms with E-state index in [0.717, 1.165) is 17.6 Å². The van der Waals surface area contributed by atoms with E-state index in [-0.39, 0.29) is 6.61 Å². The number of nitrogens with zero attached hydrogens (tertiary/aromatic N) is 1. The molecular weight excluding hydrogens is 358 g/mol. The highest BCUT2D eigenvalue weighted by Gasteiger charge is 2.51. The Labute approximate surface area is 156 Å². The monoisotopic (exact) mass is 379 g/mol. The van der Waals surface area contributed by atoms with E-state index in [9.17, 15) is 13.2 Å². The van der Waals surface area contributed by atoms with Gasteiger partial charge in [0.2, 0.25) is 5.88 Å². The number of hydrogen-bond acceptors (Lipinski definition) is 4. The van der Waals surface area contributed by atoms with E-state index in [1.54, 1.807) is 18.3 Å². The summed E-state index contributed by atoms with van der Waals surface area (Å²) in [6.45, 7) is 8.02. The van der Waals surface area contributed by atoms with Gasteiger partial charge in [-0.15, -0.1) is 0 Å². The summed E-state index contributed by atoms with van der Waals surface area (Å²) in [6.07, 6.45) is -2.73. The fourth-order valence-electron chi connectivity index (χ4n) is 2.54. The van der Waals surface area contributed by atoms with Crippen LogP contribution in [-0.2, 0) is 22.1 Å². The maximum absolute atomic E-state index is 12.6. The van der Waals surface area contributed by atoms with Crippen LogP contribution in [0.15, 0.2) is 42.6 Å². The normalized spacial score (nSPS) is 18.6. The average molecular weight is 379 g/mol. The minimum absolute atomic E-state index is 0.126. The predicted molar refractivity (Wildman–Crippen MR) is 95.7 cm³/mol.